The molecule has 0 atom stereocenters. The van der Waals surface area contributed by atoms with Gasteiger partial charge >= 0.3 is 0 Å². The van der Waals surface area contributed by atoms with Crippen molar-refractivity contribution >= 4 is 45.9 Å². The molecule has 2 aromatic carbocycles. The van der Waals surface area contributed by atoms with Crippen molar-refractivity contribution in [2.24, 2.45) is 0 Å². The van der Waals surface area contributed by atoms with E-state index >= 15 is 0 Å². The van der Waals surface area contributed by atoms with Crippen molar-refractivity contribution in [3.63, 3.8) is 0 Å². The fraction of sp³-hybridized carbons (Fsp3) is 0.190. The van der Waals surface area contributed by atoms with Crippen molar-refractivity contribution in [2.45, 2.75) is 0 Å². The van der Waals surface area contributed by atoms with Crippen LogP contribution in [0.2, 0.25) is 10.2 Å². The van der Waals surface area contributed by atoms with Gasteiger partial charge in [0.1, 0.15) is 11.0 Å². The summed E-state index contributed by atoms with van der Waals surface area (Å²) in [6.45, 7) is 1.37. The molecule has 0 radical (unpaired) electrons. The molecule has 1 saturated heterocycles. The molecule has 0 bridgehead atoms. The number of amides is 2. The van der Waals surface area contributed by atoms with Crippen LogP contribution in [0, 0.1) is 5.82 Å². The number of halogens is 3. The van der Waals surface area contributed by atoms with Gasteiger partial charge in [-0.05, 0) is 48.5 Å². The summed E-state index contributed by atoms with van der Waals surface area (Å²) in [5.74, 6) is -1.16. The van der Waals surface area contributed by atoms with E-state index in [2.05, 4.69) is 4.98 Å². The number of hydrogen-bond acceptors (Lipinski definition) is 3. The Hall–Kier alpha value is -2.70. The summed E-state index contributed by atoms with van der Waals surface area (Å²) >= 11 is 11.8. The minimum Gasteiger partial charge on any atom is -0.335 e. The van der Waals surface area contributed by atoms with Crippen molar-refractivity contribution in [3.05, 3.63) is 75.7 Å². The quantitative estimate of drug-likeness (QED) is 0.569. The Balaban J connectivity index is 1.45. The molecule has 1 aromatic heterocycles. The number of pyridine rings is 1. The molecule has 5 nitrogen and oxygen atoms in total. The maximum atomic E-state index is 14.0. The first-order valence-corrected chi connectivity index (χ1v) is 9.78. The molecule has 4 rings (SSSR count). The molecule has 8 heteroatoms. The molecule has 0 spiro atoms. The Morgan fingerprint density at radius 1 is 0.862 bits per heavy atom. The maximum Gasteiger partial charge on any atom is 0.257 e. The first kappa shape index (κ1) is 19.6. The lowest BCUT2D eigenvalue weighted by atomic mass is 10.1. The minimum atomic E-state index is -0.609. The minimum absolute atomic E-state index is 0.0574. The standard InChI is InChI=1S/C21H16Cl2FN3O2/c22-15-3-4-17(24)16(12-15)21(29)27-9-7-26(8-10-27)20(28)14-1-5-18-13(11-14)2-6-19(23)25-18/h1-6,11-12H,7-10H2. The zero-order chi connectivity index (χ0) is 20.5. The molecule has 1 aliphatic rings. The van der Waals surface area contributed by atoms with E-state index < -0.39 is 11.7 Å². The van der Waals surface area contributed by atoms with E-state index in [1.165, 1.54) is 23.1 Å². The van der Waals surface area contributed by atoms with Crippen LogP contribution in [0.5, 0.6) is 0 Å². The van der Waals surface area contributed by atoms with Gasteiger partial charge in [0.2, 0.25) is 0 Å². The van der Waals surface area contributed by atoms with Gasteiger partial charge in [0.25, 0.3) is 11.8 Å². The Morgan fingerprint density at radius 3 is 2.28 bits per heavy atom. The van der Waals surface area contributed by atoms with Crippen LogP contribution in [0.15, 0.2) is 48.5 Å². The van der Waals surface area contributed by atoms with Gasteiger partial charge in [0.05, 0.1) is 11.1 Å². The SMILES string of the molecule is O=C(c1ccc2nc(Cl)ccc2c1)N1CCN(C(=O)c2cc(Cl)ccc2F)CC1. The van der Waals surface area contributed by atoms with Gasteiger partial charge < -0.3 is 9.80 Å². The fourth-order valence-electron chi connectivity index (χ4n) is 3.36. The normalized spacial score (nSPS) is 14.3. The predicted octanol–water partition coefficient (Wildman–Crippen LogP) is 4.28. The highest BCUT2D eigenvalue weighted by Crippen LogP contribution is 2.20. The number of carbonyl (C=O) groups excluding carboxylic acids is 2. The van der Waals surface area contributed by atoms with Crippen molar-refractivity contribution in [1.82, 2.24) is 14.8 Å². The second-order valence-corrected chi connectivity index (χ2v) is 7.57. The molecule has 29 heavy (non-hydrogen) atoms. The maximum absolute atomic E-state index is 14.0. The number of hydrogen-bond donors (Lipinski definition) is 0. The Kier molecular flexibility index (Phi) is 5.39. The summed E-state index contributed by atoms with van der Waals surface area (Å²) in [4.78, 5) is 32.9. The number of benzene rings is 2. The summed E-state index contributed by atoms with van der Waals surface area (Å²) < 4.78 is 14.0. The predicted molar refractivity (Wildman–Crippen MR) is 110 cm³/mol. The van der Waals surface area contributed by atoms with E-state index in [9.17, 15) is 14.0 Å². The lowest BCUT2D eigenvalue weighted by Gasteiger charge is -2.35. The van der Waals surface area contributed by atoms with Crippen LogP contribution in [-0.2, 0) is 0 Å². The molecular weight excluding hydrogens is 416 g/mol. The van der Waals surface area contributed by atoms with Crippen molar-refractivity contribution in [3.8, 4) is 0 Å². The van der Waals surface area contributed by atoms with Gasteiger partial charge in [-0.2, -0.15) is 0 Å². The fourth-order valence-corrected chi connectivity index (χ4v) is 3.69. The number of piperazine rings is 1. The first-order valence-electron chi connectivity index (χ1n) is 9.02. The van der Waals surface area contributed by atoms with E-state index in [1.807, 2.05) is 6.07 Å². The van der Waals surface area contributed by atoms with Gasteiger partial charge in [-0.3, -0.25) is 9.59 Å². The number of rotatable bonds is 2. The molecule has 0 unspecified atom stereocenters. The van der Waals surface area contributed by atoms with Crippen LogP contribution in [0.1, 0.15) is 20.7 Å². The van der Waals surface area contributed by atoms with Gasteiger partial charge in [0.15, 0.2) is 0 Å². The molecule has 1 aliphatic heterocycles. The largest absolute Gasteiger partial charge is 0.335 e. The molecule has 2 amide bonds. The molecule has 148 valence electrons. The Labute approximate surface area is 176 Å². The Bertz CT molecular complexity index is 1110. The van der Waals surface area contributed by atoms with Crippen LogP contribution in [0.3, 0.4) is 0 Å². The lowest BCUT2D eigenvalue weighted by molar-refractivity contribution is 0.0533. The molecule has 0 aliphatic carbocycles. The van der Waals surface area contributed by atoms with Crippen LogP contribution >= 0.6 is 23.2 Å². The zero-order valence-corrected chi connectivity index (χ0v) is 16.8. The monoisotopic (exact) mass is 431 g/mol. The van der Waals surface area contributed by atoms with Gasteiger partial charge in [-0.15, -0.1) is 0 Å². The molecule has 1 fully saturated rings. The average molecular weight is 432 g/mol. The van der Waals surface area contributed by atoms with E-state index in [-0.39, 0.29) is 11.5 Å². The molecular formula is C21H16Cl2FN3O2. The van der Waals surface area contributed by atoms with Crippen molar-refractivity contribution in [1.29, 1.82) is 0 Å². The third kappa shape index (κ3) is 4.04. The number of fused-ring (bicyclic) bond motifs is 1. The highest BCUT2D eigenvalue weighted by molar-refractivity contribution is 6.31. The summed E-state index contributed by atoms with van der Waals surface area (Å²) in [6.07, 6.45) is 0. The summed E-state index contributed by atoms with van der Waals surface area (Å²) in [5, 5.41) is 1.52. The van der Waals surface area contributed by atoms with Crippen LogP contribution < -0.4 is 0 Å². The Morgan fingerprint density at radius 2 is 1.55 bits per heavy atom. The second kappa shape index (κ2) is 7.97. The second-order valence-electron chi connectivity index (χ2n) is 6.75. The first-order chi connectivity index (χ1) is 13.9. The van der Waals surface area contributed by atoms with E-state index in [4.69, 9.17) is 23.2 Å². The summed E-state index contributed by atoms with van der Waals surface area (Å²) in [7, 11) is 0. The van der Waals surface area contributed by atoms with E-state index in [1.54, 1.807) is 29.2 Å². The van der Waals surface area contributed by atoms with Gasteiger partial charge in [0, 0.05) is 42.2 Å². The van der Waals surface area contributed by atoms with Crippen molar-refractivity contribution in [2.75, 3.05) is 26.2 Å². The third-order valence-electron chi connectivity index (χ3n) is 4.92. The number of carbonyl (C=O) groups is 2. The highest BCUT2D eigenvalue weighted by Gasteiger charge is 2.27. The molecule has 3 aromatic rings. The zero-order valence-electron chi connectivity index (χ0n) is 15.2. The number of aromatic nitrogens is 1. The van der Waals surface area contributed by atoms with Crippen molar-refractivity contribution < 1.29 is 14.0 Å². The molecule has 0 N–H and O–H groups in total. The summed E-state index contributed by atoms with van der Waals surface area (Å²) in [5.41, 5.74) is 1.20. The van der Waals surface area contributed by atoms with E-state index in [0.29, 0.717) is 47.4 Å². The van der Waals surface area contributed by atoms with Gasteiger partial charge in [-0.25, -0.2) is 9.37 Å². The highest BCUT2D eigenvalue weighted by atomic mass is 35.5. The average Bonchev–Trinajstić information content (AvgIpc) is 2.74. The van der Waals surface area contributed by atoms with Crippen LogP contribution in [-0.4, -0.2) is 52.8 Å². The van der Waals surface area contributed by atoms with Gasteiger partial charge in [-0.1, -0.05) is 23.2 Å². The lowest BCUT2D eigenvalue weighted by Crippen LogP contribution is -2.50. The molecule has 2 heterocycles. The third-order valence-corrected chi connectivity index (χ3v) is 5.36. The molecule has 0 saturated carbocycles. The van der Waals surface area contributed by atoms with E-state index in [0.717, 1.165) is 5.39 Å². The van der Waals surface area contributed by atoms with Crippen LogP contribution in [0.4, 0.5) is 4.39 Å². The van der Waals surface area contributed by atoms with Crippen LogP contribution in [0.25, 0.3) is 10.9 Å². The smallest absolute Gasteiger partial charge is 0.257 e. The number of nitrogens with zero attached hydrogens (tertiary/aromatic N) is 3. The summed E-state index contributed by atoms with van der Waals surface area (Å²) in [6, 6.07) is 12.7. The topological polar surface area (TPSA) is 53.5 Å².